The van der Waals surface area contributed by atoms with Crippen molar-refractivity contribution < 1.29 is 0 Å². The van der Waals surface area contributed by atoms with Gasteiger partial charge in [-0.3, -0.25) is 0 Å². The van der Waals surface area contributed by atoms with Crippen molar-refractivity contribution in [2.75, 3.05) is 13.1 Å². The fourth-order valence-corrected chi connectivity index (χ4v) is 2.51. The predicted octanol–water partition coefficient (Wildman–Crippen LogP) is 0.636. The van der Waals surface area contributed by atoms with Gasteiger partial charge in [-0.15, -0.1) is 0 Å². The Morgan fingerprint density at radius 1 is 1.11 bits per heavy atom. The van der Waals surface area contributed by atoms with Gasteiger partial charge < -0.3 is 10.6 Å². The van der Waals surface area contributed by atoms with Crippen LogP contribution in [0.15, 0.2) is 30.3 Å². The molecular formula is C12H15ClN6. The van der Waals surface area contributed by atoms with Crippen molar-refractivity contribution in [1.29, 1.82) is 0 Å². The highest BCUT2D eigenvalue weighted by Gasteiger charge is 2.29. The lowest BCUT2D eigenvalue weighted by Gasteiger charge is -2.10. The van der Waals surface area contributed by atoms with Crippen LogP contribution < -0.4 is 10.6 Å². The van der Waals surface area contributed by atoms with Crippen molar-refractivity contribution in [1.82, 2.24) is 30.8 Å². The minimum absolute atomic E-state index is 0.265. The number of halogens is 1. The van der Waals surface area contributed by atoms with Gasteiger partial charge in [0.05, 0.1) is 5.69 Å². The van der Waals surface area contributed by atoms with Crippen molar-refractivity contribution >= 4 is 11.6 Å². The summed E-state index contributed by atoms with van der Waals surface area (Å²) in [5, 5.41) is 17.8. The second-order valence-electron chi connectivity index (χ2n) is 4.64. The highest BCUT2D eigenvalue weighted by molar-refractivity contribution is 6.28. The van der Waals surface area contributed by atoms with Crippen LogP contribution in [0, 0.1) is 0 Å². The first-order valence-corrected chi connectivity index (χ1v) is 6.67. The lowest BCUT2D eigenvalue weighted by Crippen LogP contribution is -2.39. The SMILES string of the molecule is C1N[C@@H]2CN[C@H]1C2.Clc1nnnn1-c1ccccc1. The normalized spacial score (nSPS) is 24.1. The first kappa shape index (κ1) is 12.5. The van der Waals surface area contributed by atoms with Crippen LogP contribution in [0.25, 0.3) is 5.69 Å². The maximum atomic E-state index is 5.70. The Morgan fingerprint density at radius 3 is 2.21 bits per heavy atom. The van der Waals surface area contributed by atoms with E-state index in [4.69, 9.17) is 11.6 Å². The number of para-hydroxylation sites is 1. The Bertz CT molecular complexity index is 510. The smallest absolute Gasteiger partial charge is 0.247 e. The zero-order chi connectivity index (χ0) is 13.1. The summed E-state index contributed by atoms with van der Waals surface area (Å²) < 4.78 is 1.46. The molecule has 0 amide bonds. The number of tetrazole rings is 1. The summed E-state index contributed by atoms with van der Waals surface area (Å²) >= 11 is 5.70. The minimum atomic E-state index is 0.265. The summed E-state index contributed by atoms with van der Waals surface area (Å²) in [5.41, 5.74) is 0.854. The van der Waals surface area contributed by atoms with Crippen LogP contribution in [0.1, 0.15) is 6.42 Å². The molecule has 4 rings (SSSR count). The third-order valence-electron chi connectivity index (χ3n) is 3.31. The maximum absolute atomic E-state index is 5.70. The molecule has 2 bridgehead atoms. The number of aromatic nitrogens is 4. The van der Waals surface area contributed by atoms with Crippen LogP contribution >= 0.6 is 11.6 Å². The topological polar surface area (TPSA) is 67.7 Å². The van der Waals surface area contributed by atoms with E-state index >= 15 is 0 Å². The first-order chi connectivity index (χ1) is 9.33. The van der Waals surface area contributed by atoms with E-state index in [9.17, 15) is 0 Å². The van der Waals surface area contributed by atoms with Gasteiger partial charge in [0.25, 0.3) is 0 Å². The summed E-state index contributed by atoms with van der Waals surface area (Å²) in [6, 6.07) is 11.1. The van der Waals surface area contributed by atoms with Crippen LogP contribution in [0.2, 0.25) is 5.28 Å². The van der Waals surface area contributed by atoms with Crippen molar-refractivity contribution in [2.45, 2.75) is 18.5 Å². The van der Waals surface area contributed by atoms with Crippen LogP contribution in [0.4, 0.5) is 0 Å². The standard InChI is InChI=1S/C7H5ClN4.C5H10N2/c8-7-9-10-11-12(7)6-4-2-1-3-5-6;1-4-2-6-5(1)3-7-4/h1-5H;4-7H,1-3H2/t;4-,5-/m.0/s1. The van der Waals surface area contributed by atoms with Crippen molar-refractivity contribution in [3.63, 3.8) is 0 Å². The summed E-state index contributed by atoms with van der Waals surface area (Å²) in [6.07, 6.45) is 1.36. The molecule has 2 saturated heterocycles. The van der Waals surface area contributed by atoms with Crippen LogP contribution in [0.5, 0.6) is 0 Å². The van der Waals surface area contributed by atoms with Gasteiger partial charge in [-0.1, -0.05) is 23.3 Å². The molecule has 6 nitrogen and oxygen atoms in total. The molecule has 2 aliphatic rings. The van der Waals surface area contributed by atoms with E-state index < -0.39 is 0 Å². The molecule has 3 heterocycles. The van der Waals surface area contributed by atoms with Crippen molar-refractivity contribution in [2.24, 2.45) is 0 Å². The largest absolute Gasteiger partial charge is 0.311 e. The van der Waals surface area contributed by atoms with Gasteiger partial charge in [-0.25, -0.2) is 0 Å². The lowest BCUT2D eigenvalue weighted by molar-refractivity contribution is 0.528. The Kier molecular flexibility index (Phi) is 3.72. The van der Waals surface area contributed by atoms with Gasteiger partial charge in [0.2, 0.25) is 5.28 Å². The zero-order valence-electron chi connectivity index (χ0n) is 10.3. The van der Waals surface area contributed by atoms with Gasteiger partial charge in [0.15, 0.2) is 0 Å². The van der Waals surface area contributed by atoms with Gasteiger partial charge in [0.1, 0.15) is 0 Å². The van der Waals surface area contributed by atoms with Crippen LogP contribution in [-0.4, -0.2) is 45.4 Å². The first-order valence-electron chi connectivity index (χ1n) is 6.29. The second-order valence-corrected chi connectivity index (χ2v) is 4.98. The van der Waals surface area contributed by atoms with Crippen molar-refractivity contribution in [3.05, 3.63) is 35.6 Å². The molecule has 0 spiro atoms. The van der Waals surface area contributed by atoms with E-state index in [0.29, 0.717) is 0 Å². The molecule has 0 radical (unpaired) electrons. The molecule has 2 aromatic rings. The molecule has 2 fully saturated rings. The third-order valence-corrected chi connectivity index (χ3v) is 3.54. The van der Waals surface area contributed by atoms with E-state index in [1.54, 1.807) is 0 Å². The fourth-order valence-electron chi connectivity index (χ4n) is 2.34. The molecule has 100 valence electrons. The molecule has 1 aromatic heterocycles. The molecule has 0 unspecified atom stereocenters. The van der Waals surface area contributed by atoms with Gasteiger partial charge in [-0.05, 0) is 40.6 Å². The number of hydrogen-bond donors (Lipinski definition) is 2. The van der Waals surface area contributed by atoms with Crippen LogP contribution in [-0.2, 0) is 0 Å². The van der Waals surface area contributed by atoms with Crippen LogP contribution in [0.3, 0.4) is 0 Å². The molecule has 2 atom stereocenters. The summed E-state index contributed by atoms with van der Waals surface area (Å²) in [6.45, 7) is 2.40. The average Bonchev–Trinajstić information content (AvgIpc) is 3.18. The third kappa shape index (κ3) is 2.91. The maximum Gasteiger partial charge on any atom is 0.247 e. The Hall–Kier alpha value is -1.50. The number of fused-ring (bicyclic) bond motifs is 2. The monoisotopic (exact) mass is 278 g/mol. The molecule has 2 aliphatic heterocycles. The average molecular weight is 279 g/mol. The lowest BCUT2D eigenvalue weighted by atomic mass is 10.3. The Morgan fingerprint density at radius 2 is 1.79 bits per heavy atom. The quantitative estimate of drug-likeness (QED) is 0.801. The number of hydrogen-bond acceptors (Lipinski definition) is 5. The zero-order valence-corrected chi connectivity index (χ0v) is 11.1. The number of piperazine rings is 1. The van der Waals surface area contributed by atoms with E-state index in [1.165, 1.54) is 24.2 Å². The number of nitrogens with zero attached hydrogens (tertiary/aromatic N) is 4. The second kappa shape index (κ2) is 5.64. The summed E-state index contributed by atoms with van der Waals surface area (Å²) in [5.74, 6) is 0. The molecule has 19 heavy (non-hydrogen) atoms. The molecule has 7 heteroatoms. The summed E-state index contributed by atoms with van der Waals surface area (Å²) in [4.78, 5) is 0. The van der Waals surface area contributed by atoms with Gasteiger partial charge >= 0.3 is 0 Å². The molecule has 1 aromatic carbocycles. The van der Waals surface area contributed by atoms with Crippen molar-refractivity contribution in [3.8, 4) is 5.69 Å². The Balaban J connectivity index is 0.000000132. The van der Waals surface area contributed by atoms with E-state index in [2.05, 4.69) is 26.2 Å². The number of benzene rings is 1. The van der Waals surface area contributed by atoms with Gasteiger partial charge in [0, 0.05) is 25.2 Å². The minimum Gasteiger partial charge on any atom is -0.311 e. The van der Waals surface area contributed by atoms with Gasteiger partial charge in [-0.2, -0.15) is 4.68 Å². The molecule has 0 aliphatic carbocycles. The van der Waals surface area contributed by atoms with E-state index in [0.717, 1.165) is 17.8 Å². The van der Waals surface area contributed by atoms with E-state index in [1.807, 2.05) is 30.3 Å². The predicted molar refractivity (Wildman–Crippen MR) is 72.4 cm³/mol. The molecule has 0 saturated carbocycles. The fraction of sp³-hybridized carbons (Fsp3) is 0.417. The highest BCUT2D eigenvalue weighted by Crippen LogP contribution is 2.11. The van der Waals surface area contributed by atoms with E-state index in [-0.39, 0.29) is 5.28 Å². The highest BCUT2D eigenvalue weighted by atomic mass is 35.5. The number of rotatable bonds is 1. The summed E-state index contributed by atoms with van der Waals surface area (Å²) in [7, 11) is 0. The number of nitrogens with one attached hydrogen (secondary N) is 2. The molecule has 2 N–H and O–H groups in total. The molecular weight excluding hydrogens is 264 g/mol. The Labute approximate surface area is 116 Å².